The maximum Gasteiger partial charge on any atom is 0.242 e. The van der Waals surface area contributed by atoms with Gasteiger partial charge in [-0.3, -0.25) is 4.79 Å². The number of sulfonamides is 1. The van der Waals surface area contributed by atoms with Crippen molar-refractivity contribution < 1.29 is 13.2 Å². The lowest BCUT2D eigenvalue weighted by Crippen LogP contribution is -2.30. The lowest BCUT2D eigenvalue weighted by molar-refractivity contribution is -0.118. The standard InChI is InChI=1S/C22H28N4O3S/c1-5-25(17-10-8-7-9-11-17)22(27)15-14-21-23-19-16-18(30(28,29)24(3)4)12-13-20(19)26(21)6-2/h7-13,16H,5-6,14-15H2,1-4H3. The van der Waals surface area contributed by atoms with Crippen molar-refractivity contribution >= 4 is 32.7 Å². The summed E-state index contributed by atoms with van der Waals surface area (Å²) in [6.07, 6.45) is 0.815. The molecule has 0 atom stereocenters. The van der Waals surface area contributed by atoms with Crippen LogP contribution in [0.3, 0.4) is 0 Å². The molecule has 0 aliphatic carbocycles. The first-order valence-corrected chi connectivity index (χ1v) is 11.5. The minimum absolute atomic E-state index is 0.0364. The first-order chi connectivity index (χ1) is 14.3. The smallest absolute Gasteiger partial charge is 0.242 e. The van der Waals surface area contributed by atoms with Crippen LogP contribution >= 0.6 is 0 Å². The third-order valence-corrected chi connectivity index (χ3v) is 6.95. The molecular weight excluding hydrogens is 400 g/mol. The number of benzene rings is 2. The second-order valence-corrected chi connectivity index (χ2v) is 9.34. The molecule has 0 fully saturated rings. The molecule has 0 spiro atoms. The van der Waals surface area contributed by atoms with E-state index in [4.69, 9.17) is 0 Å². The summed E-state index contributed by atoms with van der Waals surface area (Å²) < 4.78 is 28.1. The van der Waals surface area contributed by atoms with Crippen LogP contribution in [0.2, 0.25) is 0 Å². The van der Waals surface area contributed by atoms with E-state index in [1.54, 1.807) is 23.1 Å². The molecule has 1 amide bonds. The van der Waals surface area contributed by atoms with Gasteiger partial charge in [-0.1, -0.05) is 18.2 Å². The van der Waals surface area contributed by atoms with Gasteiger partial charge in [0.25, 0.3) is 0 Å². The van der Waals surface area contributed by atoms with Gasteiger partial charge in [0.1, 0.15) is 5.82 Å². The highest BCUT2D eigenvalue weighted by molar-refractivity contribution is 7.89. The van der Waals surface area contributed by atoms with Crippen LogP contribution in [0, 0.1) is 0 Å². The van der Waals surface area contributed by atoms with E-state index < -0.39 is 10.0 Å². The summed E-state index contributed by atoms with van der Waals surface area (Å²) in [5, 5.41) is 0. The van der Waals surface area contributed by atoms with Crippen LogP contribution in [0.4, 0.5) is 5.69 Å². The van der Waals surface area contributed by atoms with Crippen molar-refractivity contribution in [2.45, 2.75) is 38.1 Å². The molecule has 3 aromatic rings. The van der Waals surface area contributed by atoms with Crippen molar-refractivity contribution in [2.24, 2.45) is 0 Å². The highest BCUT2D eigenvalue weighted by atomic mass is 32.2. The fourth-order valence-corrected chi connectivity index (χ4v) is 4.46. The van der Waals surface area contributed by atoms with Gasteiger partial charge < -0.3 is 9.47 Å². The second-order valence-electron chi connectivity index (χ2n) is 7.18. The van der Waals surface area contributed by atoms with E-state index in [1.807, 2.05) is 48.7 Å². The molecule has 1 heterocycles. The molecular formula is C22H28N4O3S. The summed E-state index contributed by atoms with van der Waals surface area (Å²) in [6.45, 7) is 5.26. The average molecular weight is 429 g/mol. The van der Waals surface area contributed by atoms with Crippen molar-refractivity contribution in [1.29, 1.82) is 0 Å². The minimum atomic E-state index is -3.53. The average Bonchev–Trinajstić information content (AvgIpc) is 3.10. The highest BCUT2D eigenvalue weighted by Gasteiger charge is 2.20. The Hall–Kier alpha value is -2.71. The highest BCUT2D eigenvalue weighted by Crippen LogP contribution is 2.23. The molecule has 0 bridgehead atoms. The zero-order valence-corrected chi connectivity index (χ0v) is 18.7. The van der Waals surface area contributed by atoms with Crippen LogP contribution in [0.25, 0.3) is 11.0 Å². The van der Waals surface area contributed by atoms with Crippen molar-refractivity contribution in [3.8, 4) is 0 Å². The lowest BCUT2D eigenvalue weighted by Gasteiger charge is -2.21. The summed E-state index contributed by atoms with van der Waals surface area (Å²) >= 11 is 0. The van der Waals surface area contributed by atoms with Gasteiger partial charge in [-0.25, -0.2) is 17.7 Å². The van der Waals surface area contributed by atoms with Gasteiger partial charge in [0.05, 0.1) is 15.9 Å². The molecule has 30 heavy (non-hydrogen) atoms. The van der Waals surface area contributed by atoms with Crippen molar-refractivity contribution in [3.05, 3.63) is 54.4 Å². The van der Waals surface area contributed by atoms with E-state index in [0.29, 0.717) is 31.4 Å². The van der Waals surface area contributed by atoms with E-state index in [0.717, 1.165) is 17.0 Å². The Balaban J connectivity index is 1.86. The maximum atomic E-state index is 12.8. The van der Waals surface area contributed by atoms with Gasteiger partial charge in [-0.05, 0) is 44.2 Å². The van der Waals surface area contributed by atoms with Crippen LogP contribution in [0.5, 0.6) is 0 Å². The Bertz CT molecular complexity index is 1140. The molecule has 7 nitrogen and oxygen atoms in total. The lowest BCUT2D eigenvalue weighted by atomic mass is 10.2. The van der Waals surface area contributed by atoms with Gasteiger partial charge in [-0.2, -0.15) is 0 Å². The fraction of sp³-hybridized carbons (Fsp3) is 0.364. The summed E-state index contributed by atoms with van der Waals surface area (Å²) in [6, 6.07) is 14.6. The quantitative estimate of drug-likeness (QED) is 0.552. The minimum Gasteiger partial charge on any atom is -0.328 e. The van der Waals surface area contributed by atoms with Gasteiger partial charge in [0, 0.05) is 45.7 Å². The molecule has 0 aliphatic rings. The number of aromatic nitrogens is 2. The molecule has 160 valence electrons. The number of carbonyl (C=O) groups excluding carboxylic acids is 1. The van der Waals surface area contributed by atoms with E-state index in [2.05, 4.69) is 4.98 Å². The number of para-hydroxylation sites is 1. The normalized spacial score (nSPS) is 11.9. The third kappa shape index (κ3) is 4.24. The largest absolute Gasteiger partial charge is 0.328 e. The molecule has 0 N–H and O–H groups in total. The first kappa shape index (κ1) is 22.0. The van der Waals surface area contributed by atoms with E-state index >= 15 is 0 Å². The number of imidazole rings is 1. The Morgan fingerprint density at radius 2 is 1.77 bits per heavy atom. The van der Waals surface area contributed by atoms with Gasteiger partial charge >= 0.3 is 0 Å². The monoisotopic (exact) mass is 428 g/mol. The summed E-state index contributed by atoms with van der Waals surface area (Å²) in [5.74, 6) is 0.818. The number of fused-ring (bicyclic) bond motifs is 1. The topological polar surface area (TPSA) is 75.5 Å². The van der Waals surface area contributed by atoms with Crippen LogP contribution < -0.4 is 4.90 Å². The SMILES string of the molecule is CCN(C(=O)CCc1nc2cc(S(=O)(=O)N(C)C)ccc2n1CC)c1ccccc1. The maximum absolute atomic E-state index is 12.8. The predicted octanol–water partition coefficient (Wildman–Crippen LogP) is 3.29. The van der Waals surface area contributed by atoms with Crippen LogP contribution in [0.1, 0.15) is 26.1 Å². The number of anilines is 1. The number of nitrogens with zero attached hydrogens (tertiary/aromatic N) is 4. The van der Waals surface area contributed by atoms with Crippen molar-refractivity contribution in [2.75, 3.05) is 25.5 Å². The number of hydrogen-bond acceptors (Lipinski definition) is 4. The van der Waals surface area contributed by atoms with Crippen molar-refractivity contribution in [1.82, 2.24) is 13.9 Å². The number of carbonyl (C=O) groups is 1. The summed E-state index contributed by atoms with van der Waals surface area (Å²) in [5.41, 5.74) is 2.37. The summed E-state index contributed by atoms with van der Waals surface area (Å²) in [4.78, 5) is 19.5. The first-order valence-electron chi connectivity index (χ1n) is 10.1. The number of rotatable bonds is 8. The van der Waals surface area contributed by atoms with Gasteiger partial charge in [-0.15, -0.1) is 0 Å². The van der Waals surface area contributed by atoms with Gasteiger partial charge in [0.2, 0.25) is 15.9 Å². The molecule has 2 aromatic carbocycles. The number of aryl methyl sites for hydroxylation is 2. The van der Waals surface area contributed by atoms with Crippen LogP contribution in [-0.2, 0) is 27.8 Å². The van der Waals surface area contributed by atoms with Crippen molar-refractivity contribution in [3.63, 3.8) is 0 Å². The van der Waals surface area contributed by atoms with E-state index in [9.17, 15) is 13.2 Å². The molecule has 0 saturated carbocycles. The molecule has 0 aliphatic heterocycles. The van der Waals surface area contributed by atoms with Crippen LogP contribution in [0.15, 0.2) is 53.4 Å². The Morgan fingerprint density at radius 3 is 2.37 bits per heavy atom. The number of amides is 1. The molecule has 0 saturated heterocycles. The molecule has 0 unspecified atom stereocenters. The molecule has 0 radical (unpaired) electrons. The zero-order chi connectivity index (χ0) is 21.9. The fourth-order valence-electron chi connectivity index (χ4n) is 3.54. The van der Waals surface area contributed by atoms with E-state index in [1.165, 1.54) is 18.4 Å². The molecule has 1 aromatic heterocycles. The summed E-state index contributed by atoms with van der Waals surface area (Å²) in [7, 11) is -0.512. The Kier molecular flexibility index (Phi) is 6.58. The predicted molar refractivity (Wildman–Crippen MR) is 119 cm³/mol. The van der Waals surface area contributed by atoms with Crippen LogP contribution in [-0.4, -0.2) is 48.8 Å². The Morgan fingerprint density at radius 1 is 1.07 bits per heavy atom. The van der Waals surface area contributed by atoms with E-state index in [-0.39, 0.29) is 10.8 Å². The third-order valence-electron chi connectivity index (χ3n) is 5.14. The number of hydrogen-bond donors (Lipinski definition) is 0. The molecule has 8 heteroatoms. The Labute approximate surface area is 178 Å². The zero-order valence-electron chi connectivity index (χ0n) is 17.9. The second kappa shape index (κ2) is 8.97. The molecule has 3 rings (SSSR count). The van der Waals surface area contributed by atoms with Gasteiger partial charge in [0.15, 0.2) is 0 Å².